The van der Waals surface area contributed by atoms with E-state index in [2.05, 4.69) is 10.0 Å². The number of carbonyl (C=O) groups excluding carboxylic acids is 1. The van der Waals surface area contributed by atoms with E-state index in [-0.39, 0.29) is 17.6 Å². The number of hydrogen-bond donors (Lipinski definition) is 2. The summed E-state index contributed by atoms with van der Waals surface area (Å²) in [5, 5.41) is 2.97. The molecule has 0 fully saturated rings. The number of sulfonamides is 1. The van der Waals surface area contributed by atoms with Crippen LogP contribution in [0.3, 0.4) is 0 Å². The molecule has 1 amide bonds. The van der Waals surface area contributed by atoms with Crippen molar-refractivity contribution < 1.29 is 13.2 Å². The van der Waals surface area contributed by atoms with Gasteiger partial charge >= 0.3 is 0 Å². The van der Waals surface area contributed by atoms with Crippen LogP contribution in [0.5, 0.6) is 0 Å². The van der Waals surface area contributed by atoms with Crippen LogP contribution in [0, 0.1) is 6.92 Å². The molecule has 0 spiro atoms. The molecule has 0 radical (unpaired) electrons. The van der Waals surface area contributed by atoms with Gasteiger partial charge in [0.25, 0.3) is 5.91 Å². The molecular weight excluding hydrogens is 324 g/mol. The number of amides is 1. The van der Waals surface area contributed by atoms with Crippen LogP contribution < -0.4 is 10.0 Å². The van der Waals surface area contributed by atoms with Crippen molar-refractivity contribution in [3.63, 3.8) is 0 Å². The summed E-state index contributed by atoms with van der Waals surface area (Å²) in [6.07, 6.45) is 1.79. The molecule has 0 saturated carbocycles. The second-order valence-electron chi connectivity index (χ2n) is 5.76. The Hall–Kier alpha value is -2.34. The van der Waals surface area contributed by atoms with Crippen LogP contribution in [0.25, 0.3) is 0 Å². The van der Waals surface area contributed by atoms with E-state index in [9.17, 15) is 13.2 Å². The largest absolute Gasteiger partial charge is 0.345 e. The number of aryl methyl sites for hydroxylation is 1. The standard InChI is InChI=1S/C18H22N2O3S/c1-4-16(14-11-9-13(2)10-12-14)19-18(21)15-7-5-6-8-17(15)20-24(3,22)23/h5-12,16,20H,4H2,1-3H3,(H,19,21)/t16-/m0/s1. The Kier molecular flexibility index (Phi) is 5.62. The molecule has 0 saturated heterocycles. The van der Waals surface area contributed by atoms with E-state index < -0.39 is 10.0 Å². The van der Waals surface area contributed by atoms with E-state index >= 15 is 0 Å². The van der Waals surface area contributed by atoms with Crippen molar-refractivity contribution in [3.05, 3.63) is 65.2 Å². The Morgan fingerprint density at radius 3 is 2.29 bits per heavy atom. The lowest BCUT2D eigenvalue weighted by molar-refractivity contribution is 0.0936. The summed E-state index contributed by atoms with van der Waals surface area (Å²) in [7, 11) is -3.45. The van der Waals surface area contributed by atoms with Gasteiger partial charge in [0, 0.05) is 0 Å². The Morgan fingerprint density at radius 2 is 1.71 bits per heavy atom. The second-order valence-corrected chi connectivity index (χ2v) is 7.51. The van der Waals surface area contributed by atoms with Gasteiger partial charge in [0.2, 0.25) is 10.0 Å². The van der Waals surface area contributed by atoms with Gasteiger partial charge in [-0.2, -0.15) is 0 Å². The normalized spacial score (nSPS) is 12.5. The number of para-hydroxylation sites is 1. The average Bonchev–Trinajstić information content (AvgIpc) is 2.52. The highest BCUT2D eigenvalue weighted by molar-refractivity contribution is 7.92. The average molecular weight is 346 g/mol. The van der Waals surface area contributed by atoms with Gasteiger partial charge in [0.1, 0.15) is 0 Å². The molecule has 5 nitrogen and oxygen atoms in total. The van der Waals surface area contributed by atoms with Crippen molar-refractivity contribution in [2.24, 2.45) is 0 Å². The van der Waals surface area contributed by atoms with Crippen molar-refractivity contribution in [1.29, 1.82) is 0 Å². The first-order chi connectivity index (χ1) is 11.3. The lowest BCUT2D eigenvalue weighted by Crippen LogP contribution is -2.29. The third-order valence-electron chi connectivity index (χ3n) is 3.66. The van der Waals surface area contributed by atoms with E-state index in [1.54, 1.807) is 24.3 Å². The fraction of sp³-hybridized carbons (Fsp3) is 0.278. The number of carbonyl (C=O) groups is 1. The fourth-order valence-corrected chi connectivity index (χ4v) is 3.00. The Labute approximate surface area is 143 Å². The molecule has 24 heavy (non-hydrogen) atoms. The summed E-state index contributed by atoms with van der Waals surface area (Å²) in [4.78, 5) is 12.6. The molecule has 2 N–H and O–H groups in total. The molecule has 0 unspecified atom stereocenters. The topological polar surface area (TPSA) is 75.3 Å². The molecule has 2 rings (SSSR count). The summed E-state index contributed by atoms with van der Waals surface area (Å²) in [5.74, 6) is -0.311. The molecule has 1 atom stereocenters. The van der Waals surface area contributed by atoms with Gasteiger partial charge in [-0.1, -0.05) is 48.9 Å². The molecule has 2 aromatic carbocycles. The highest BCUT2D eigenvalue weighted by atomic mass is 32.2. The number of rotatable bonds is 6. The third kappa shape index (κ3) is 4.83. The van der Waals surface area contributed by atoms with Crippen LogP contribution in [0.15, 0.2) is 48.5 Å². The molecule has 0 heterocycles. The summed E-state index contributed by atoms with van der Waals surface area (Å²) in [5.41, 5.74) is 2.75. The maximum Gasteiger partial charge on any atom is 0.253 e. The van der Waals surface area contributed by atoms with E-state index in [0.717, 1.165) is 23.8 Å². The van der Waals surface area contributed by atoms with Crippen molar-refractivity contribution in [3.8, 4) is 0 Å². The smallest absolute Gasteiger partial charge is 0.253 e. The lowest BCUT2D eigenvalue weighted by Gasteiger charge is -2.19. The minimum Gasteiger partial charge on any atom is -0.345 e. The molecule has 0 bridgehead atoms. The van der Waals surface area contributed by atoms with Crippen LogP contribution >= 0.6 is 0 Å². The van der Waals surface area contributed by atoms with E-state index in [1.165, 1.54) is 0 Å². The van der Waals surface area contributed by atoms with E-state index in [0.29, 0.717) is 5.56 Å². The zero-order valence-corrected chi connectivity index (χ0v) is 14.9. The first-order valence-corrected chi connectivity index (χ1v) is 9.63. The molecule has 2 aromatic rings. The lowest BCUT2D eigenvalue weighted by atomic mass is 10.0. The molecule has 128 valence electrons. The Balaban J connectivity index is 2.24. The SMILES string of the molecule is CC[C@H](NC(=O)c1ccccc1NS(C)(=O)=O)c1ccc(C)cc1. The number of hydrogen-bond acceptors (Lipinski definition) is 3. The minimum atomic E-state index is -3.45. The highest BCUT2D eigenvalue weighted by Gasteiger charge is 2.17. The van der Waals surface area contributed by atoms with E-state index in [1.807, 2.05) is 38.1 Å². The minimum absolute atomic E-state index is 0.135. The predicted octanol–water partition coefficient (Wildman–Crippen LogP) is 3.25. The monoisotopic (exact) mass is 346 g/mol. The number of anilines is 1. The molecule has 6 heteroatoms. The Bertz CT molecular complexity index is 814. The van der Waals surface area contributed by atoms with Crippen molar-refractivity contribution >= 4 is 21.6 Å². The summed E-state index contributed by atoms with van der Waals surface area (Å²) < 4.78 is 25.3. The van der Waals surface area contributed by atoms with Gasteiger partial charge in [0.15, 0.2) is 0 Å². The number of nitrogens with one attached hydrogen (secondary N) is 2. The zero-order chi connectivity index (χ0) is 17.7. The highest BCUT2D eigenvalue weighted by Crippen LogP contribution is 2.21. The van der Waals surface area contributed by atoms with Crippen LogP contribution in [0.1, 0.15) is 40.9 Å². The van der Waals surface area contributed by atoms with Gasteiger partial charge in [-0.15, -0.1) is 0 Å². The van der Waals surface area contributed by atoms with Crippen LogP contribution in [0.2, 0.25) is 0 Å². The van der Waals surface area contributed by atoms with Crippen molar-refractivity contribution in [1.82, 2.24) is 5.32 Å². The molecule has 0 aliphatic rings. The first kappa shape index (κ1) is 18.0. The van der Waals surface area contributed by atoms with Crippen LogP contribution in [0.4, 0.5) is 5.69 Å². The number of benzene rings is 2. The maximum absolute atomic E-state index is 12.6. The van der Waals surface area contributed by atoms with Gasteiger partial charge in [-0.25, -0.2) is 8.42 Å². The fourth-order valence-electron chi connectivity index (χ4n) is 2.43. The van der Waals surface area contributed by atoms with Crippen molar-refractivity contribution in [2.75, 3.05) is 11.0 Å². The third-order valence-corrected chi connectivity index (χ3v) is 4.25. The predicted molar refractivity (Wildman–Crippen MR) is 96.6 cm³/mol. The Morgan fingerprint density at radius 1 is 1.08 bits per heavy atom. The summed E-state index contributed by atoms with van der Waals surface area (Å²) >= 11 is 0. The van der Waals surface area contributed by atoms with Crippen molar-refractivity contribution in [2.45, 2.75) is 26.3 Å². The molecule has 0 aliphatic heterocycles. The quantitative estimate of drug-likeness (QED) is 0.843. The van der Waals surface area contributed by atoms with E-state index in [4.69, 9.17) is 0 Å². The summed E-state index contributed by atoms with van der Waals surface area (Å²) in [6, 6.07) is 14.4. The second kappa shape index (κ2) is 7.49. The molecule has 0 aromatic heterocycles. The molecule has 0 aliphatic carbocycles. The van der Waals surface area contributed by atoms with Crippen LogP contribution in [-0.4, -0.2) is 20.6 Å². The van der Waals surface area contributed by atoms with Gasteiger partial charge in [-0.05, 0) is 31.0 Å². The molecular formula is C18H22N2O3S. The first-order valence-electron chi connectivity index (χ1n) is 7.74. The van der Waals surface area contributed by atoms with Gasteiger partial charge < -0.3 is 5.32 Å². The zero-order valence-electron chi connectivity index (χ0n) is 14.0. The van der Waals surface area contributed by atoms with Gasteiger partial charge in [0.05, 0.1) is 23.5 Å². The maximum atomic E-state index is 12.6. The van der Waals surface area contributed by atoms with Crippen LogP contribution in [-0.2, 0) is 10.0 Å². The summed E-state index contributed by atoms with van der Waals surface area (Å²) in [6.45, 7) is 4.00. The van der Waals surface area contributed by atoms with Gasteiger partial charge in [-0.3, -0.25) is 9.52 Å².